The molecule has 0 bridgehead atoms. The molecule has 0 aliphatic carbocycles. The van der Waals surface area contributed by atoms with E-state index in [1.54, 1.807) is 6.92 Å². The van der Waals surface area contributed by atoms with Gasteiger partial charge in [-0.3, -0.25) is 9.36 Å². The molecule has 0 aliphatic heterocycles. The van der Waals surface area contributed by atoms with Crippen LogP contribution in [0.2, 0.25) is 0 Å². The summed E-state index contributed by atoms with van der Waals surface area (Å²) < 4.78 is 45.0. The number of nitrogen functional groups attached to an aromatic ring is 1. The number of halogens is 3. The van der Waals surface area contributed by atoms with E-state index in [0.717, 1.165) is 10.8 Å². The molecule has 1 aromatic heterocycles. The minimum atomic E-state index is -4.93. The average Bonchev–Trinajstić information content (AvgIpc) is 2.56. The third-order valence-electron chi connectivity index (χ3n) is 3.26. The van der Waals surface area contributed by atoms with Crippen LogP contribution in [0.25, 0.3) is 17.6 Å². The van der Waals surface area contributed by atoms with Gasteiger partial charge in [-0.05, 0) is 13.0 Å². The highest BCUT2D eigenvalue weighted by molar-refractivity contribution is 5.96. The van der Waals surface area contributed by atoms with Gasteiger partial charge in [0.05, 0.1) is 12.2 Å². The number of aromatic nitrogens is 2. The Kier molecular flexibility index (Phi) is 4.96. The maximum atomic E-state index is 13.1. The van der Waals surface area contributed by atoms with Crippen molar-refractivity contribution in [1.29, 1.82) is 0 Å². The highest BCUT2D eigenvalue weighted by Gasteiger charge is 2.37. The van der Waals surface area contributed by atoms with E-state index < -0.39 is 34.9 Å². The molecule has 9 heteroatoms. The van der Waals surface area contributed by atoms with Crippen molar-refractivity contribution in [3.05, 3.63) is 52.5 Å². The van der Waals surface area contributed by atoms with Crippen LogP contribution in [0.4, 0.5) is 18.9 Å². The Bertz CT molecular complexity index is 888. The van der Waals surface area contributed by atoms with Crippen LogP contribution in [-0.2, 0) is 10.9 Å². The Balaban J connectivity index is 2.85. The summed E-state index contributed by atoms with van der Waals surface area (Å²) in [5.41, 5.74) is 1.53. The van der Waals surface area contributed by atoms with Crippen LogP contribution in [0, 0.1) is 0 Å². The number of hydrogen-bond acceptors (Lipinski definition) is 5. The van der Waals surface area contributed by atoms with Crippen LogP contribution < -0.4 is 11.3 Å². The van der Waals surface area contributed by atoms with Gasteiger partial charge in [-0.25, -0.2) is 9.78 Å². The minimum Gasteiger partial charge on any atom is -0.462 e. The molecule has 1 heterocycles. The minimum absolute atomic E-state index is 0.0107. The Morgan fingerprint density at radius 2 is 2.04 bits per heavy atom. The zero-order chi connectivity index (χ0) is 18.8. The molecule has 0 aliphatic rings. The lowest BCUT2D eigenvalue weighted by molar-refractivity contribution is -0.140. The molecule has 2 rings (SSSR count). The van der Waals surface area contributed by atoms with Crippen molar-refractivity contribution in [3.63, 3.8) is 0 Å². The number of esters is 1. The summed E-state index contributed by atoms with van der Waals surface area (Å²) in [7, 11) is 0. The second kappa shape index (κ2) is 6.80. The lowest BCUT2D eigenvalue weighted by atomic mass is 10.1. The normalized spacial score (nSPS) is 11.2. The Morgan fingerprint density at radius 3 is 2.60 bits per heavy atom. The highest BCUT2D eigenvalue weighted by atomic mass is 19.4. The zero-order valence-electron chi connectivity index (χ0n) is 13.1. The van der Waals surface area contributed by atoms with Crippen molar-refractivity contribution in [2.45, 2.75) is 13.1 Å². The van der Waals surface area contributed by atoms with Gasteiger partial charge in [0.15, 0.2) is 5.69 Å². The lowest BCUT2D eigenvalue weighted by Gasteiger charge is -2.16. The average molecular weight is 353 g/mol. The quantitative estimate of drug-likeness (QED) is 0.854. The van der Waals surface area contributed by atoms with E-state index in [1.165, 1.54) is 24.3 Å². The number of carbonyl (C=O) groups excluding carboxylic acids is 1. The van der Waals surface area contributed by atoms with Crippen molar-refractivity contribution in [2.75, 3.05) is 12.3 Å². The van der Waals surface area contributed by atoms with E-state index >= 15 is 0 Å². The van der Waals surface area contributed by atoms with Crippen LogP contribution in [-0.4, -0.2) is 22.1 Å². The molecule has 25 heavy (non-hydrogen) atoms. The van der Waals surface area contributed by atoms with Crippen molar-refractivity contribution >= 4 is 17.9 Å². The van der Waals surface area contributed by atoms with Gasteiger partial charge in [0, 0.05) is 11.8 Å². The molecule has 0 saturated carbocycles. The van der Waals surface area contributed by atoms with Crippen LogP contribution in [0.3, 0.4) is 0 Å². The van der Waals surface area contributed by atoms with E-state index in [2.05, 4.69) is 11.6 Å². The number of alkyl halides is 3. The Morgan fingerprint density at radius 1 is 1.40 bits per heavy atom. The number of rotatable bonds is 4. The lowest BCUT2D eigenvalue weighted by Crippen LogP contribution is -2.28. The molecule has 2 aromatic rings. The van der Waals surface area contributed by atoms with Gasteiger partial charge in [0.25, 0.3) is 5.56 Å². The molecule has 132 valence electrons. The van der Waals surface area contributed by atoms with Crippen molar-refractivity contribution in [3.8, 4) is 11.4 Å². The van der Waals surface area contributed by atoms with Crippen LogP contribution in [0.5, 0.6) is 0 Å². The van der Waals surface area contributed by atoms with Gasteiger partial charge in [0.1, 0.15) is 11.5 Å². The molecule has 0 saturated heterocycles. The fourth-order valence-electron chi connectivity index (χ4n) is 2.19. The van der Waals surface area contributed by atoms with Crippen LogP contribution >= 0.6 is 0 Å². The second-order valence-corrected chi connectivity index (χ2v) is 4.82. The summed E-state index contributed by atoms with van der Waals surface area (Å²) in [5.74, 6) is -1.17. The third-order valence-corrected chi connectivity index (χ3v) is 3.26. The molecule has 0 spiro atoms. The number of nitrogens with two attached hydrogens (primary N) is 1. The molecule has 1 aromatic carbocycles. The molecule has 0 atom stereocenters. The summed E-state index contributed by atoms with van der Waals surface area (Å²) in [6.45, 7) is 5.05. The number of carbonyl (C=O) groups is 1. The molecule has 2 N–H and O–H groups in total. The topological polar surface area (TPSA) is 87.2 Å². The summed E-state index contributed by atoms with van der Waals surface area (Å²) in [6, 6.07) is 5.70. The first kappa shape index (κ1) is 18.2. The number of anilines is 1. The highest BCUT2D eigenvalue weighted by Crippen LogP contribution is 2.32. The summed E-state index contributed by atoms with van der Waals surface area (Å²) in [6.07, 6.45) is -3.96. The summed E-state index contributed by atoms with van der Waals surface area (Å²) in [4.78, 5) is 27.7. The number of benzene rings is 1. The fourth-order valence-corrected chi connectivity index (χ4v) is 2.19. The Labute approximate surface area is 140 Å². The second-order valence-electron chi connectivity index (χ2n) is 4.82. The molecular formula is C16H14F3N3O3. The SMILES string of the molecule is C=Cn1c(-c2ccccc2C(=O)OCC)nc(C(F)(F)F)c(N)c1=O. The molecule has 6 nitrogen and oxygen atoms in total. The molecule has 0 fully saturated rings. The van der Waals surface area contributed by atoms with Crippen molar-refractivity contribution in [2.24, 2.45) is 0 Å². The van der Waals surface area contributed by atoms with Gasteiger partial charge in [-0.15, -0.1) is 0 Å². The molecule has 0 amide bonds. The Hall–Kier alpha value is -3.10. The van der Waals surface area contributed by atoms with E-state index in [4.69, 9.17) is 10.5 Å². The maximum absolute atomic E-state index is 13.1. The first-order valence-electron chi connectivity index (χ1n) is 7.10. The largest absolute Gasteiger partial charge is 0.462 e. The first-order valence-corrected chi connectivity index (χ1v) is 7.10. The summed E-state index contributed by atoms with van der Waals surface area (Å²) in [5, 5.41) is 0. The summed E-state index contributed by atoms with van der Waals surface area (Å²) >= 11 is 0. The standard InChI is InChI=1S/C16H14F3N3O3/c1-3-22-13(21-12(16(17,18)19)11(20)14(22)23)9-7-5-6-8-10(9)15(24)25-4-2/h3,5-8H,1,4,20H2,2H3. The number of hydrogen-bond donors (Lipinski definition) is 1. The van der Waals surface area contributed by atoms with Crippen molar-refractivity contribution < 1.29 is 22.7 Å². The van der Waals surface area contributed by atoms with Gasteiger partial charge in [-0.2, -0.15) is 13.2 Å². The molecular weight excluding hydrogens is 339 g/mol. The van der Waals surface area contributed by atoms with Crippen molar-refractivity contribution in [1.82, 2.24) is 9.55 Å². The van der Waals surface area contributed by atoms with E-state index in [9.17, 15) is 22.8 Å². The monoisotopic (exact) mass is 353 g/mol. The maximum Gasteiger partial charge on any atom is 0.435 e. The smallest absolute Gasteiger partial charge is 0.435 e. The van der Waals surface area contributed by atoms with Crippen LogP contribution in [0.1, 0.15) is 23.0 Å². The third kappa shape index (κ3) is 3.39. The fraction of sp³-hybridized carbons (Fsp3) is 0.188. The number of nitrogens with zero attached hydrogens (tertiary/aromatic N) is 2. The predicted molar refractivity (Wildman–Crippen MR) is 85.7 cm³/mol. The zero-order valence-corrected chi connectivity index (χ0v) is 13.1. The van der Waals surface area contributed by atoms with E-state index in [0.29, 0.717) is 0 Å². The molecule has 0 unspecified atom stereocenters. The van der Waals surface area contributed by atoms with E-state index in [-0.39, 0.29) is 17.7 Å². The first-order chi connectivity index (χ1) is 11.7. The van der Waals surface area contributed by atoms with Gasteiger partial charge in [0.2, 0.25) is 0 Å². The van der Waals surface area contributed by atoms with Gasteiger partial charge < -0.3 is 10.5 Å². The predicted octanol–water partition coefficient (Wildman–Crippen LogP) is 2.79. The van der Waals surface area contributed by atoms with Gasteiger partial charge in [-0.1, -0.05) is 24.8 Å². The molecule has 0 radical (unpaired) electrons. The van der Waals surface area contributed by atoms with Crippen LogP contribution in [0.15, 0.2) is 35.6 Å². The van der Waals surface area contributed by atoms with Gasteiger partial charge >= 0.3 is 12.1 Å². The van der Waals surface area contributed by atoms with E-state index in [1.807, 2.05) is 0 Å². The number of ether oxygens (including phenoxy) is 1.